The molecule has 0 aliphatic heterocycles. The molecule has 21 heavy (non-hydrogen) atoms. The van der Waals surface area contributed by atoms with E-state index in [0.717, 1.165) is 18.7 Å². The number of nitrogen functional groups attached to an aromatic ring is 1. The van der Waals surface area contributed by atoms with E-state index >= 15 is 0 Å². The van der Waals surface area contributed by atoms with Crippen LogP contribution in [-0.2, 0) is 16.4 Å². The van der Waals surface area contributed by atoms with Crippen LogP contribution in [0.3, 0.4) is 0 Å². The van der Waals surface area contributed by atoms with Gasteiger partial charge >= 0.3 is 0 Å². The third kappa shape index (κ3) is 4.21. The average molecular weight is 305 g/mol. The number of rotatable bonds is 5. The molecule has 0 saturated heterocycles. The van der Waals surface area contributed by atoms with Crippen molar-refractivity contribution in [2.24, 2.45) is 5.14 Å². The van der Waals surface area contributed by atoms with Gasteiger partial charge in [-0.1, -0.05) is 30.3 Å². The molecular weight excluding hydrogens is 286 g/mol. The highest BCUT2D eigenvalue weighted by Gasteiger charge is 2.12. The van der Waals surface area contributed by atoms with Gasteiger partial charge in [0.15, 0.2) is 0 Å². The van der Waals surface area contributed by atoms with Crippen LogP contribution in [0.25, 0.3) is 0 Å². The molecule has 2 aromatic rings. The van der Waals surface area contributed by atoms with E-state index in [1.807, 2.05) is 30.1 Å². The van der Waals surface area contributed by atoms with Crippen LogP contribution in [0.15, 0.2) is 53.4 Å². The summed E-state index contributed by atoms with van der Waals surface area (Å²) >= 11 is 0. The van der Waals surface area contributed by atoms with E-state index in [4.69, 9.17) is 10.9 Å². The van der Waals surface area contributed by atoms with Crippen molar-refractivity contribution >= 4 is 21.4 Å². The maximum atomic E-state index is 11.4. The maximum Gasteiger partial charge on any atom is 0.238 e. The largest absolute Gasteiger partial charge is 0.399 e. The van der Waals surface area contributed by atoms with Crippen molar-refractivity contribution in [1.82, 2.24) is 0 Å². The molecule has 6 heteroatoms. The molecule has 0 heterocycles. The molecule has 0 radical (unpaired) electrons. The van der Waals surface area contributed by atoms with Gasteiger partial charge in [-0.15, -0.1) is 0 Å². The Morgan fingerprint density at radius 3 is 2.38 bits per heavy atom. The Morgan fingerprint density at radius 1 is 1.10 bits per heavy atom. The van der Waals surface area contributed by atoms with E-state index < -0.39 is 10.0 Å². The summed E-state index contributed by atoms with van der Waals surface area (Å²) in [6, 6.07) is 14.7. The average Bonchev–Trinajstić information content (AvgIpc) is 2.44. The molecule has 5 nitrogen and oxygen atoms in total. The minimum atomic E-state index is -3.76. The first-order valence-corrected chi connectivity index (χ1v) is 8.09. The Bertz CT molecular complexity index is 715. The maximum absolute atomic E-state index is 11.4. The van der Waals surface area contributed by atoms with Crippen molar-refractivity contribution in [2.45, 2.75) is 11.3 Å². The number of anilines is 2. The topological polar surface area (TPSA) is 89.4 Å². The zero-order valence-corrected chi connectivity index (χ0v) is 12.7. The van der Waals surface area contributed by atoms with Crippen LogP contribution < -0.4 is 15.8 Å². The van der Waals surface area contributed by atoms with Crippen molar-refractivity contribution in [3.05, 3.63) is 54.1 Å². The van der Waals surface area contributed by atoms with Crippen molar-refractivity contribution in [1.29, 1.82) is 0 Å². The van der Waals surface area contributed by atoms with Crippen molar-refractivity contribution in [2.75, 3.05) is 24.2 Å². The van der Waals surface area contributed by atoms with Crippen molar-refractivity contribution in [3.63, 3.8) is 0 Å². The number of benzene rings is 2. The normalized spacial score (nSPS) is 11.3. The van der Waals surface area contributed by atoms with Crippen LogP contribution >= 0.6 is 0 Å². The third-order valence-corrected chi connectivity index (χ3v) is 4.15. The number of sulfonamides is 1. The summed E-state index contributed by atoms with van der Waals surface area (Å²) in [5.74, 6) is 0. The number of primary sulfonamides is 1. The lowest BCUT2D eigenvalue weighted by atomic mass is 10.1. The second-order valence-corrected chi connectivity index (χ2v) is 6.52. The molecular formula is C15H19N3O2S. The Hall–Kier alpha value is -2.05. The second kappa shape index (κ2) is 6.15. The third-order valence-electron chi connectivity index (χ3n) is 3.26. The van der Waals surface area contributed by atoms with E-state index in [1.165, 1.54) is 17.7 Å². The SMILES string of the molecule is CN(CCc1ccccc1)c1cc(N)cc(S(N)(=O)=O)c1. The van der Waals surface area contributed by atoms with E-state index in [0.29, 0.717) is 5.69 Å². The van der Waals surface area contributed by atoms with Gasteiger partial charge in [-0.3, -0.25) is 0 Å². The molecule has 4 N–H and O–H groups in total. The number of nitrogens with zero attached hydrogens (tertiary/aromatic N) is 1. The van der Waals surface area contributed by atoms with Gasteiger partial charge in [-0.25, -0.2) is 13.6 Å². The molecule has 0 fully saturated rings. The molecule has 0 aliphatic carbocycles. The summed E-state index contributed by atoms with van der Waals surface area (Å²) in [5.41, 5.74) is 8.09. The van der Waals surface area contributed by atoms with Gasteiger partial charge in [0, 0.05) is 25.0 Å². The number of hydrogen-bond acceptors (Lipinski definition) is 4. The predicted octanol–water partition coefficient (Wildman–Crippen LogP) is 1.60. The van der Waals surface area contributed by atoms with E-state index in [-0.39, 0.29) is 4.90 Å². The zero-order valence-electron chi connectivity index (χ0n) is 11.9. The Labute approximate surface area is 125 Å². The fourth-order valence-corrected chi connectivity index (χ4v) is 2.65. The monoisotopic (exact) mass is 305 g/mol. The second-order valence-electron chi connectivity index (χ2n) is 4.96. The summed E-state index contributed by atoms with van der Waals surface area (Å²) in [6.45, 7) is 0.748. The molecule has 0 amide bonds. The lowest BCUT2D eigenvalue weighted by molar-refractivity contribution is 0.598. The summed E-state index contributed by atoms with van der Waals surface area (Å²) < 4.78 is 22.9. The first kappa shape index (κ1) is 15.3. The van der Waals surface area contributed by atoms with Crippen molar-refractivity contribution < 1.29 is 8.42 Å². The molecule has 0 aromatic heterocycles. The molecule has 0 bridgehead atoms. The molecule has 2 aromatic carbocycles. The Balaban J connectivity index is 2.16. The lowest BCUT2D eigenvalue weighted by Crippen LogP contribution is -2.21. The number of hydrogen-bond donors (Lipinski definition) is 2. The number of likely N-dealkylation sites (N-methyl/N-ethyl adjacent to an activating group) is 1. The minimum Gasteiger partial charge on any atom is -0.399 e. The highest BCUT2D eigenvalue weighted by Crippen LogP contribution is 2.22. The standard InChI is InChI=1S/C15H19N3O2S/c1-18(8-7-12-5-3-2-4-6-12)14-9-13(16)10-15(11-14)21(17,19)20/h2-6,9-11H,7-8,16H2,1H3,(H2,17,19,20). The van der Waals surface area contributed by atoms with E-state index in [1.54, 1.807) is 6.07 Å². The molecule has 2 rings (SSSR count). The fourth-order valence-electron chi connectivity index (χ4n) is 2.06. The lowest BCUT2D eigenvalue weighted by Gasteiger charge is -2.20. The molecule has 0 atom stereocenters. The van der Waals surface area contributed by atoms with Gasteiger partial charge in [0.05, 0.1) is 4.90 Å². The van der Waals surface area contributed by atoms with Gasteiger partial charge in [0.1, 0.15) is 0 Å². The van der Waals surface area contributed by atoms with Crippen LogP contribution in [-0.4, -0.2) is 22.0 Å². The quantitative estimate of drug-likeness (QED) is 0.821. The summed E-state index contributed by atoms with van der Waals surface area (Å²) in [4.78, 5) is 1.99. The van der Waals surface area contributed by atoms with E-state index in [9.17, 15) is 8.42 Å². The van der Waals surface area contributed by atoms with E-state index in [2.05, 4.69) is 12.1 Å². The van der Waals surface area contributed by atoms with Crippen LogP contribution in [0.2, 0.25) is 0 Å². The molecule has 112 valence electrons. The predicted molar refractivity (Wildman–Crippen MR) is 85.6 cm³/mol. The number of nitrogens with two attached hydrogens (primary N) is 2. The Morgan fingerprint density at radius 2 is 1.76 bits per heavy atom. The van der Waals surface area contributed by atoms with Crippen LogP contribution in [0.1, 0.15) is 5.56 Å². The summed E-state index contributed by atoms with van der Waals surface area (Å²) in [5, 5.41) is 5.16. The molecule has 0 saturated carbocycles. The van der Waals surface area contributed by atoms with Gasteiger partial charge in [0.25, 0.3) is 0 Å². The van der Waals surface area contributed by atoms with Crippen LogP contribution in [0, 0.1) is 0 Å². The van der Waals surface area contributed by atoms with Gasteiger partial charge in [-0.2, -0.15) is 0 Å². The van der Waals surface area contributed by atoms with Gasteiger partial charge in [0.2, 0.25) is 10.0 Å². The highest BCUT2D eigenvalue weighted by atomic mass is 32.2. The van der Waals surface area contributed by atoms with Gasteiger partial charge < -0.3 is 10.6 Å². The molecule has 0 unspecified atom stereocenters. The first-order valence-electron chi connectivity index (χ1n) is 6.55. The summed E-state index contributed by atoms with van der Waals surface area (Å²) in [6.07, 6.45) is 0.858. The zero-order chi connectivity index (χ0) is 15.5. The van der Waals surface area contributed by atoms with Crippen molar-refractivity contribution in [3.8, 4) is 0 Å². The first-order chi connectivity index (χ1) is 9.86. The van der Waals surface area contributed by atoms with Gasteiger partial charge in [-0.05, 0) is 30.2 Å². The molecule has 0 spiro atoms. The van der Waals surface area contributed by atoms with Crippen LogP contribution in [0.4, 0.5) is 11.4 Å². The smallest absolute Gasteiger partial charge is 0.238 e. The van der Waals surface area contributed by atoms with Crippen LogP contribution in [0.5, 0.6) is 0 Å². The summed E-state index contributed by atoms with van der Waals surface area (Å²) in [7, 11) is -1.86. The fraction of sp³-hybridized carbons (Fsp3) is 0.200. The minimum absolute atomic E-state index is 0.0315. The highest BCUT2D eigenvalue weighted by molar-refractivity contribution is 7.89. The molecule has 0 aliphatic rings. The Kier molecular flexibility index (Phi) is 4.50.